The third-order valence-corrected chi connectivity index (χ3v) is 6.38. The lowest BCUT2D eigenvalue weighted by atomic mass is 9.96. The van der Waals surface area contributed by atoms with Gasteiger partial charge in [-0.3, -0.25) is 10.1 Å². The molecule has 0 unspecified atom stereocenters. The zero-order chi connectivity index (χ0) is 21.7. The van der Waals surface area contributed by atoms with Crippen LogP contribution in [0.2, 0.25) is 10.0 Å². The number of rotatable bonds is 3. The maximum atomic E-state index is 11.3. The first kappa shape index (κ1) is 20.3. The molecule has 0 fully saturated rings. The summed E-state index contributed by atoms with van der Waals surface area (Å²) in [7, 11) is 0. The van der Waals surface area contributed by atoms with Crippen molar-refractivity contribution in [2.24, 2.45) is 5.10 Å². The van der Waals surface area contributed by atoms with Gasteiger partial charge in [0, 0.05) is 39.2 Å². The number of hydrogen-bond donors (Lipinski definition) is 0. The predicted molar refractivity (Wildman–Crippen MR) is 123 cm³/mol. The summed E-state index contributed by atoms with van der Waals surface area (Å²) in [5, 5.41) is 18.9. The third-order valence-electron chi connectivity index (χ3n) is 5.35. The van der Waals surface area contributed by atoms with Gasteiger partial charge in [0.05, 0.1) is 21.7 Å². The van der Waals surface area contributed by atoms with E-state index in [0.29, 0.717) is 27.8 Å². The van der Waals surface area contributed by atoms with Crippen LogP contribution in [-0.4, -0.2) is 15.6 Å². The number of nitro benzene ring substituents is 1. The zero-order valence-corrected chi connectivity index (χ0v) is 18.9. The van der Waals surface area contributed by atoms with Gasteiger partial charge in [-0.15, -0.1) is 0 Å². The van der Waals surface area contributed by atoms with Gasteiger partial charge in [-0.1, -0.05) is 63.4 Å². The van der Waals surface area contributed by atoms with Gasteiger partial charge in [0.1, 0.15) is 5.75 Å². The highest BCUT2D eigenvalue weighted by molar-refractivity contribution is 9.10. The second-order valence-electron chi connectivity index (χ2n) is 7.28. The van der Waals surface area contributed by atoms with E-state index in [9.17, 15) is 10.1 Å². The molecule has 0 bridgehead atoms. The average molecular weight is 519 g/mol. The summed E-state index contributed by atoms with van der Waals surface area (Å²) in [6.07, 6.45) is -0.0379. The van der Waals surface area contributed by atoms with E-state index in [0.717, 1.165) is 21.3 Å². The highest BCUT2D eigenvalue weighted by Crippen LogP contribution is 2.51. The molecule has 5 rings (SSSR count). The largest absolute Gasteiger partial charge is 0.463 e. The first-order valence-electron chi connectivity index (χ1n) is 9.42. The second-order valence-corrected chi connectivity index (χ2v) is 9.04. The lowest BCUT2D eigenvalue weighted by molar-refractivity contribution is -0.385. The van der Waals surface area contributed by atoms with E-state index < -0.39 is 11.2 Å². The Labute approximate surface area is 196 Å². The van der Waals surface area contributed by atoms with Gasteiger partial charge in [-0.2, -0.15) is 5.10 Å². The van der Waals surface area contributed by atoms with E-state index in [4.69, 9.17) is 33.0 Å². The van der Waals surface area contributed by atoms with Crippen molar-refractivity contribution < 1.29 is 9.66 Å². The standard InChI is InChI=1S/C22H14BrCl2N3O3/c23-14-6-4-12(5-7-14)19-11-20-17-9-15(24)10-18(25)21(17)31-22(27(20)26-19)13-2-1-3-16(8-13)28(29)30/h1-10,20,22H,11H2/t20-,22-/m0/s1. The SMILES string of the molecule is O=[N+]([O-])c1cccc([C@@H]2Oc3c(Cl)cc(Cl)cc3[C@@H]3CC(c4ccc(Br)cc4)=NN32)c1. The smallest absolute Gasteiger partial charge is 0.269 e. The van der Waals surface area contributed by atoms with Crippen molar-refractivity contribution in [1.82, 2.24) is 5.01 Å². The van der Waals surface area contributed by atoms with Crippen LogP contribution in [0.5, 0.6) is 5.75 Å². The Bertz CT molecular complexity index is 1230. The Kier molecular flexibility index (Phi) is 5.12. The van der Waals surface area contributed by atoms with Gasteiger partial charge in [0.15, 0.2) is 0 Å². The summed E-state index contributed by atoms with van der Waals surface area (Å²) in [5.41, 5.74) is 3.33. The predicted octanol–water partition coefficient (Wildman–Crippen LogP) is 6.91. The zero-order valence-electron chi connectivity index (χ0n) is 15.8. The molecule has 3 aromatic carbocycles. The molecule has 0 aromatic heterocycles. The minimum Gasteiger partial charge on any atom is -0.463 e. The Morgan fingerprint density at radius 2 is 1.90 bits per heavy atom. The number of hydrazone groups is 1. The maximum Gasteiger partial charge on any atom is 0.269 e. The summed E-state index contributed by atoms with van der Waals surface area (Å²) in [6.45, 7) is 0. The van der Waals surface area contributed by atoms with Gasteiger partial charge in [0.2, 0.25) is 6.23 Å². The minimum absolute atomic E-state index is 0.0121. The number of nitro groups is 1. The van der Waals surface area contributed by atoms with Gasteiger partial charge in [-0.25, -0.2) is 5.01 Å². The number of hydrogen-bond acceptors (Lipinski definition) is 5. The fraction of sp³-hybridized carbons (Fsp3) is 0.136. The van der Waals surface area contributed by atoms with Crippen LogP contribution in [0.25, 0.3) is 0 Å². The minimum atomic E-state index is -0.663. The van der Waals surface area contributed by atoms with Crippen molar-refractivity contribution in [1.29, 1.82) is 0 Å². The quantitative estimate of drug-likeness (QED) is 0.279. The average Bonchev–Trinajstić information content (AvgIpc) is 3.19. The van der Waals surface area contributed by atoms with Crippen LogP contribution in [-0.2, 0) is 0 Å². The molecule has 0 saturated heterocycles. The molecule has 2 heterocycles. The molecule has 0 saturated carbocycles. The van der Waals surface area contributed by atoms with Gasteiger partial charge >= 0.3 is 0 Å². The van der Waals surface area contributed by atoms with E-state index >= 15 is 0 Å². The molecule has 9 heteroatoms. The van der Waals surface area contributed by atoms with E-state index in [-0.39, 0.29) is 11.7 Å². The van der Waals surface area contributed by atoms with Crippen molar-refractivity contribution >= 4 is 50.5 Å². The Morgan fingerprint density at radius 1 is 1.13 bits per heavy atom. The number of fused-ring (bicyclic) bond motifs is 3. The number of non-ortho nitro benzene ring substituents is 1. The third kappa shape index (κ3) is 3.67. The molecule has 6 nitrogen and oxygen atoms in total. The van der Waals surface area contributed by atoms with Crippen LogP contribution in [0.15, 0.2) is 70.2 Å². The fourth-order valence-electron chi connectivity index (χ4n) is 3.94. The number of halogens is 3. The molecule has 0 aliphatic carbocycles. The van der Waals surface area contributed by atoms with Crippen LogP contribution in [0.4, 0.5) is 5.69 Å². The molecule has 2 atom stereocenters. The number of nitrogens with zero attached hydrogens (tertiary/aromatic N) is 3. The van der Waals surface area contributed by atoms with Crippen molar-refractivity contribution in [3.8, 4) is 5.75 Å². The summed E-state index contributed by atoms with van der Waals surface area (Å²) in [6, 6.07) is 17.6. The number of ether oxygens (including phenoxy) is 1. The monoisotopic (exact) mass is 517 g/mol. The Balaban J connectivity index is 1.63. The van der Waals surface area contributed by atoms with E-state index in [1.54, 1.807) is 18.2 Å². The van der Waals surface area contributed by atoms with Gasteiger partial charge < -0.3 is 4.74 Å². The summed E-state index contributed by atoms with van der Waals surface area (Å²) >= 11 is 16.2. The second kappa shape index (κ2) is 7.82. The van der Waals surface area contributed by atoms with Crippen LogP contribution in [0.1, 0.15) is 35.4 Å². The Hall–Kier alpha value is -2.61. The van der Waals surface area contributed by atoms with Crippen LogP contribution < -0.4 is 4.74 Å². The first-order valence-corrected chi connectivity index (χ1v) is 11.0. The van der Waals surface area contributed by atoms with Crippen molar-refractivity contribution in [2.45, 2.75) is 18.7 Å². The topological polar surface area (TPSA) is 68.0 Å². The van der Waals surface area contributed by atoms with Crippen molar-refractivity contribution in [2.75, 3.05) is 0 Å². The molecule has 156 valence electrons. The first-order chi connectivity index (χ1) is 14.9. The van der Waals surface area contributed by atoms with Crippen LogP contribution in [0, 0.1) is 10.1 Å². The van der Waals surface area contributed by atoms with Gasteiger partial charge in [-0.05, 0) is 29.8 Å². The van der Waals surface area contributed by atoms with Crippen LogP contribution >= 0.6 is 39.1 Å². The summed E-state index contributed by atoms with van der Waals surface area (Å²) < 4.78 is 7.23. The lowest BCUT2D eigenvalue weighted by Gasteiger charge is -2.38. The van der Waals surface area contributed by atoms with Crippen LogP contribution in [0.3, 0.4) is 0 Å². The van der Waals surface area contributed by atoms with E-state index in [2.05, 4.69) is 15.9 Å². The molecule has 31 heavy (non-hydrogen) atoms. The fourth-order valence-corrected chi connectivity index (χ4v) is 4.76. The number of benzene rings is 3. The van der Waals surface area contributed by atoms with Gasteiger partial charge in [0.25, 0.3) is 5.69 Å². The molecule has 2 aliphatic rings. The maximum absolute atomic E-state index is 11.3. The molecular weight excluding hydrogens is 505 g/mol. The normalized spacial score (nSPS) is 19.3. The Morgan fingerprint density at radius 3 is 2.65 bits per heavy atom. The highest BCUT2D eigenvalue weighted by atomic mass is 79.9. The molecule has 2 aliphatic heterocycles. The molecular formula is C22H14BrCl2N3O3. The molecule has 0 spiro atoms. The van der Waals surface area contributed by atoms with Crippen molar-refractivity contribution in [3.05, 3.63) is 102 Å². The highest BCUT2D eigenvalue weighted by Gasteiger charge is 2.42. The molecule has 0 amide bonds. The molecule has 3 aromatic rings. The van der Waals surface area contributed by atoms with Crippen molar-refractivity contribution in [3.63, 3.8) is 0 Å². The molecule has 0 N–H and O–H groups in total. The summed E-state index contributed by atoms with van der Waals surface area (Å²) in [5.74, 6) is 0.524. The van der Waals surface area contributed by atoms with E-state index in [1.165, 1.54) is 12.1 Å². The lowest BCUT2D eigenvalue weighted by Crippen LogP contribution is -2.33. The van der Waals surface area contributed by atoms with E-state index in [1.807, 2.05) is 35.3 Å². The molecule has 0 radical (unpaired) electrons. The summed E-state index contributed by atoms with van der Waals surface area (Å²) in [4.78, 5) is 10.9.